The van der Waals surface area contributed by atoms with Crippen LogP contribution in [0, 0.1) is 16.0 Å². The Morgan fingerprint density at radius 1 is 1.27 bits per heavy atom. The van der Waals surface area contributed by atoms with E-state index in [1.54, 1.807) is 0 Å². The van der Waals surface area contributed by atoms with Crippen LogP contribution in [0.25, 0.3) is 0 Å². The van der Waals surface area contributed by atoms with Crippen LogP contribution in [0.2, 0.25) is 0 Å². The molecular formula is C14H18F3N3O6. The standard InChI is InChI=1S/C14H18F3N3O6/c1-4-25-12(21)10(13(22)26-5-2)9(7-20(23)24)8-6-18-19(3)11(8)14(15,16)17/h6,9-10H,4-5,7H2,1-3H3/t9-/m1/s1. The normalized spacial score (nSPS) is 12.7. The van der Waals surface area contributed by atoms with E-state index >= 15 is 0 Å². The molecule has 0 aliphatic rings. The van der Waals surface area contributed by atoms with Gasteiger partial charge in [0.05, 0.1) is 25.3 Å². The number of nitro groups is 1. The van der Waals surface area contributed by atoms with Gasteiger partial charge in [-0.1, -0.05) is 0 Å². The summed E-state index contributed by atoms with van der Waals surface area (Å²) in [4.78, 5) is 34.4. The van der Waals surface area contributed by atoms with Crippen LogP contribution in [0.3, 0.4) is 0 Å². The molecule has 0 saturated heterocycles. The summed E-state index contributed by atoms with van der Waals surface area (Å²) < 4.78 is 49.9. The molecule has 0 radical (unpaired) electrons. The second-order valence-corrected chi connectivity index (χ2v) is 5.17. The Morgan fingerprint density at radius 3 is 2.15 bits per heavy atom. The van der Waals surface area contributed by atoms with E-state index < -0.39 is 52.7 Å². The molecule has 1 aromatic rings. The van der Waals surface area contributed by atoms with Crippen LogP contribution in [0.5, 0.6) is 0 Å². The molecule has 0 N–H and O–H groups in total. The van der Waals surface area contributed by atoms with Gasteiger partial charge in [0.1, 0.15) is 5.69 Å². The second kappa shape index (κ2) is 8.63. The highest BCUT2D eigenvalue weighted by molar-refractivity contribution is 5.96. The minimum Gasteiger partial charge on any atom is -0.465 e. The minimum atomic E-state index is -4.90. The molecule has 146 valence electrons. The van der Waals surface area contributed by atoms with Crippen LogP contribution in [-0.2, 0) is 32.3 Å². The number of carbonyl (C=O) groups is 2. The maximum absolute atomic E-state index is 13.3. The lowest BCUT2D eigenvalue weighted by Gasteiger charge is -2.22. The second-order valence-electron chi connectivity index (χ2n) is 5.17. The van der Waals surface area contributed by atoms with Gasteiger partial charge in [-0.2, -0.15) is 18.3 Å². The molecule has 0 spiro atoms. The highest BCUT2D eigenvalue weighted by Crippen LogP contribution is 2.38. The topological polar surface area (TPSA) is 114 Å². The quantitative estimate of drug-likeness (QED) is 0.290. The molecule has 1 heterocycles. The highest BCUT2D eigenvalue weighted by atomic mass is 19.4. The molecule has 0 aliphatic carbocycles. The van der Waals surface area contributed by atoms with E-state index in [1.807, 2.05) is 0 Å². The van der Waals surface area contributed by atoms with Crippen molar-refractivity contribution in [2.45, 2.75) is 25.9 Å². The van der Waals surface area contributed by atoms with Gasteiger partial charge in [0, 0.05) is 17.5 Å². The van der Waals surface area contributed by atoms with Crippen LogP contribution in [0.4, 0.5) is 13.2 Å². The number of esters is 2. The molecule has 1 aromatic heterocycles. The van der Waals surface area contributed by atoms with Gasteiger partial charge in [0.25, 0.3) is 0 Å². The van der Waals surface area contributed by atoms with Gasteiger partial charge in [0.15, 0.2) is 5.92 Å². The van der Waals surface area contributed by atoms with Crippen molar-refractivity contribution in [1.82, 2.24) is 9.78 Å². The number of alkyl halides is 3. The monoisotopic (exact) mass is 381 g/mol. The van der Waals surface area contributed by atoms with Crippen molar-refractivity contribution < 1.29 is 37.2 Å². The van der Waals surface area contributed by atoms with Gasteiger partial charge in [-0.15, -0.1) is 0 Å². The van der Waals surface area contributed by atoms with Gasteiger partial charge < -0.3 is 9.47 Å². The number of carbonyl (C=O) groups excluding carboxylic acids is 2. The Kier molecular flexibility index (Phi) is 7.10. The Morgan fingerprint density at radius 2 is 1.77 bits per heavy atom. The van der Waals surface area contributed by atoms with E-state index in [4.69, 9.17) is 9.47 Å². The Balaban J connectivity index is 3.53. The zero-order valence-corrected chi connectivity index (χ0v) is 14.3. The lowest BCUT2D eigenvalue weighted by Crippen LogP contribution is -2.37. The van der Waals surface area contributed by atoms with Crippen molar-refractivity contribution in [3.8, 4) is 0 Å². The molecule has 0 bridgehead atoms. The van der Waals surface area contributed by atoms with Crippen molar-refractivity contribution in [3.05, 3.63) is 27.6 Å². The summed E-state index contributed by atoms with van der Waals surface area (Å²) in [6.07, 6.45) is -4.15. The first-order chi connectivity index (χ1) is 12.0. The van der Waals surface area contributed by atoms with Crippen LogP contribution in [-0.4, -0.2) is 46.4 Å². The Labute approximate surface area is 146 Å². The SMILES string of the molecule is CCOC(=O)C(C(=O)OCC)[C@H](C[N+](=O)[O-])c1cnn(C)c1C(F)(F)F. The lowest BCUT2D eigenvalue weighted by molar-refractivity contribution is -0.484. The van der Waals surface area contributed by atoms with Crippen LogP contribution in [0.1, 0.15) is 31.0 Å². The fourth-order valence-corrected chi connectivity index (χ4v) is 2.51. The zero-order valence-electron chi connectivity index (χ0n) is 14.3. The number of hydrogen-bond donors (Lipinski definition) is 0. The molecule has 0 unspecified atom stereocenters. The number of rotatable bonds is 8. The highest BCUT2D eigenvalue weighted by Gasteiger charge is 2.47. The van der Waals surface area contributed by atoms with Gasteiger partial charge in [0.2, 0.25) is 6.54 Å². The molecule has 0 fully saturated rings. The molecule has 0 aromatic carbocycles. The largest absolute Gasteiger partial charge is 0.465 e. The lowest BCUT2D eigenvalue weighted by atomic mass is 9.85. The molecule has 12 heteroatoms. The van der Waals surface area contributed by atoms with Crippen molar-refractivity contribution in [3.63, 3.8) is 0 Å². The van der Waals surface area contributed by atoms with Crippen LogP contribution >= 0.6 is 0 Å². The number of nitrogens with zero attached hydrogens (tertiary/aromatic N) is 3. The van der Waals surface area contributed by atoms with Gasteiger partial charge in [-0.25, -0.2) is 0 Å². The predicted octanol–water partition coefficient (Wildman–Crippen LogP) is 1.54. The van der Waals surface area contributed by atoms with E-state index in [2.05, 4.69) is 5.10 Å². The van der Waals surface area contributed by atoms with Crippen LogP contribution < -0.4 is 0 Å². The fraction of sp³-hybridized carbons (Fsp3) is 0.643. The smallest absolute Gasteiger partial charge is 0.433 e. The molecular weight excluding hydrogens is 363 g/mol. The van der Waals surface area contributed by atoms with Crippen molar-refractivity contribution in [1.29, 1.82) is 0 Å². The third kappa shape index (κ3) is 4.92. The van der Waals surface area contributed by atoms with E-state index in [0.717, 1.165) is 13.2 Å². The molecule has 0 saturated carbocycles. The zero-order chi connectivity index (χ0) is 20.1. The van der Waals surface area contributed by atoms with Crippen molar-refractivity contribution in [2.24, 2.45) is 13.0 Å². The summed E-state index contributed by atoms with van der Waals surface area (Å²) >= 11 is 0. The van der Waals surface area contributed by atoms with E-state index in [-0.39, 0.29) is 13.2 Å². The molecule has 1 rings (SSSR count). The maximum Gasteiger partial charge on any atom is 0.433 e. The predicted molar refractivity (Wildman–Crippen MR) is 79.6 cm³/mol. The molecule has 0 amide bonds. The number of halogens is 3. The van der Waals surface area contributed by atoms with Crippen LogP contribution in [0.15, 0.2) is 6.20 Å². The molecule has 26 heavy (non-hydrogen) atoms. The fourth-order valence-electron chi connectivity index (χ4n) is 2.51. The Hall–Kier alpha value is -2.66. The Bertz CT molecular complexity index is 655. The minimum absolute atomic E-state index is 0.168. The summed E-state index contributed by atoms with van der Waals surface area (Å²) in [5, 5.41) is 14.5. The molecule has 1 atom stereocenters. The third-order valence-corrected chi connectivity index (χ3v) is 3.46. The van der Waals surface area contributed by atoms with E-state index in [1.165, 1.54) is 13.8 Å². The third-order valence-electron chi connectivity index (χ3n) is 3.46. The van der Waals surface area contributed by atoms with Gasteiger partial charge in [-0.3, -0.25) is 24.4 Å². The first kappa shape index (κ1) is 21.4. The maximum atomic E-state index is 13.3. The average molecular weight is 381 g/mol. The summed E-state index contributed by atoms with van der Waals surface area (Å²) in [6.45, 7) is 1.40. The average Bonchev–Trinajstić information content (AvgIpc) is 2.88. The number of aryl methyl sites for hydroxylation is 1. The van der Waals surface area contributed by atoms with Gasteiger partial charge >= 0.3 is 18.1 Å². The molecule has 0 aliphatic heterocycles. The summed E-state index contributed by atoms with van der Waals surface area (Å²) in [6, 6.07) is 0. The molecule has 9 nitrogen and oxygen atoms in total. The van der Waals surface area contributed by atoms with E-state index in [0.29, 0.717) is 4.68 Å². The summed E-state index contributed by atoms with van der Waals surface area (Å²) in [5.74, 6) is -6.08. The van der Waals surface area contributed by atoms with E-state index in [9.17, 15) is 32.9 Å². The van der Waals surface area contributed by atoms with Crippen molar-refractivity contribution in [2.75, 3.05) is 19.8 Å². The summed E-state index contributed by atoms with van der Waals surface area (Å²) in [5.41, 5.74) is -1.94. The number of aromatic nitrogens is 2. The summed E-state index contributed by atoms with van der Waals surface area (Å²) in [7, 11) is 0.999. The number of ether oxygens (including phenoxy) is 2. The number of hydrogen-bond acceptors (Lipinski definition) is 7. The van der Waals surface area contributed by atoms with Crippen molar-refractivity contribution >= 4 is 11.9 Å². The first-order valence-corrected chi connectivity index (χ1v) is 7.58. The van der Waals surface area contributed by atoms with Gasteiger partial charge in [-0.05, 0) is 13.8 Å². The first-order valence-electron chi connectivity index (χ1n) is 7.58.